The molecule has 0 atom stereocenters. The Balaban J connectivity index is 1.38. The minimum absolute atomic E-state index is 0.360. The first kappa shape index (κ1) is 30.7. The average Bonchev–Trinajstić information content (AvgIpc) is 3.14. The van der Waals surface area contributed by atoms with Crippen LogP contribution in [-0.4, -0.2) is 21.5 Å². The molecule has 0 saturated carbocycles. The van der Waals surface area contributed by atoms with Crippen LogP contribution >= 0.6 is 20.6 Å². The lowest BCUT2D eigenvalue weighted by Crippen LogP contribution is -2.14. The van der Waals surface area contributed by atoms with Crippen molar-refractivity contribution < 1.29 is 18.0 Å². The highest BCUT2D eigenvalue weighted by Gasteiger charge is 2.43. The van der Waals surface area contributed by atoms with Crippen molar-refractivity contribution in [1.29, 1.82) is 0 Å². The third-order valence-corrected chi connectivity index (χ3v) is 13.7. The number of benzene rings is 6. The molecule has 0 aromatic heterocycles. The van der Waals surface area contributed by atoms with Gasteiger partial charge in [0.25, 0.3) is 0 Å². The molecule has 6 aromatic rings. The van der Waals surface area contributed by atoms with Crippen LogP contribution < -0.4 is 0 Å². The Hall–Kier alpha value is -5.30. The standard InChI is InChI=1S/C40H32O4S2/c41-39(43-45(33-19-7-1-8-20-33,34-21-9-2-10-22-34)35-23-11-3-12-24-35)31-32-40(42)44-46(36-25-13-4-14-26-36,37-27-15-5-16-28-37)38-29-17-6-18-30-38/h1-32H/p+2. The fraction of sp³-hybridized carbons (Fsp3) is 0. The van der Waals surface area contributed by atoms with E-state index in [1.165, 1.54) is 12.2 Å². The Morgan fingerprint density at radius 2 is 0.500 bits per heavy atom. The van der Waals surface area contributed by atoms with Crippen molar-refractivity contribution in [2.75, 3.05) is 0 Å². The molecule has 6 aromatic carbocycles. The molecule has 6 rings (SSSR count). The average molecular weight is 643 g/mol. The van der Waals surface area contributed by atoms with E-state index in [4.69, 9.17) is 8.37 Å². The van der Waals surface area contributed by atoms with Gasteiger partial charge >= 0.3 is 11.9 Å². The molecule has 228 valence electrons. The van der Waals surface area contributed by atoms with Crippen LogP contribution in [0.1, 0.15) is 0 Å². The summed E-state index contributed by atoms with van der Waals surface area (Å²) < 4.78 is 13.3. The fourth-order valence-electron chi connectivity index (χ4n) is 5.23. The second-order valence-corrected chi connectivity index (χ2v) is 15.6. The van der Waals surface area contributed by atoms with Crippen molar-refractivity contribution in [2.24, 2.45) is 0 Å². The van der Waals surface area contributed by atoms with Crippen molar-refractivity contribution in [2.45, 2.75) is 29.4 Å². The van der Waals surface area contributed by atoms with Gasteiger partial charge < -0.3 is 9.59 Å². The van der Waals surface area contributed by atoms with E-state index in [0.29, 0.717) is 0 Å². The summed E-state index contributed by atoms with van der Waals surface area (Å²) in [4.78, 5) is 28.3. The van der Waals surface area contributed by atoms with E-state index < -0.39 is 20.6 Å². The van der Waals surface area contributed by atoms with E-state index >= 15 is 0 Å². The fourth-order valence-corrected chi connectivity index (χ4v) is 11.3. The highest BCUT2D eigenvalue weighted by atomic mass is 32.3. The summed E-state index contributed by atoms with van der Waals surface area (Å²) in [6.45, 7) is 0. The van der Waals surface area contributed by atoms with Gasteiger partial charge in [-0.1, -0.05) is 109 Å². The Morgan fingerprint density at radius 3 is 0.674 bits per heavy atom. The normalized spacial score (nSPS) is 12.3. The zero-order valence-electron chi connectivity index (χ0n) is 25.0. The van der Waals surface area contributed by atoms with Crippen LogP contribution in [-0.2, 0) is 8.37 Å². The molecule has 0 amide bonds. The summed E-state index contributed by atoms with van der Waals surface area (Å²) >= 11 is 0. The lowest BCUT2D eigenvalue weighted by Gasteiger charge is -2.33. The van der Waals surface area contributed by atoms with Gasteiger partial charge in [-0.3, -0.25) is 0 Å². The SMILES string of the molecule is [OH+]=C(C=CC(=[OH+])OS(c1ccccc1)(c1ccccc1)c1ccccc1)OS(c1ccccc1)(c1ccccc1)c1ccccc1. The third-order valence-electron chi connectivity index (χ3n) is 7.24. The van der Waals surface area contributed by atoms with Crippen molar-refractivity contribution in [1.82, 2.24) is 0 Å². The Bertz CT molecular complexity index is 1560. The van der Waals surface area contributed by atoms with Gasteiger partial charge in [0.05, 0.1) is 62.1 Å². The summed E-state index contributed by atoms with van der Waals surface area (Å²) in [5.41, 5.74) is 0. The van der Waals surface area contributed by atoms with Crippen molar-refractivity contribution in [3.63, 3.8) is 0 Å². The second kappa shape index (κ2) is 14.2. The monoisotopic (exact) mass is 642 g/mol. The molecule has 6 heteroatoms. The summed E-state index contributed by atoms with van der Waals surface area (Å²) in [5.74, 6) is -0.720. The van der Waals surface area contributed by atoms with Gasteiger partial charge in [0, 0.05) is 0 Å². The van der Waals surface area contributed by atoms with Gasteiger partial charge in [0.15, 0.2) is 0 Å². The van der Waals surface area contributed by atoms with Crippen LogP contribution in [0.15, 0.2) is 224 Å². The van der Waals surface area contributed by atoms with Crippen LogP contribution in [0.25, 0.3) is 0 Å². The van der Waals surface area contributed by atoms with Gasteiger partial charge in [0.2, 0.25) is 0 Å². The molecule has 0 heterocycles. The van der Waals surface area contributed by atoms with E-state index in [2.05, 4.69) is 0 Å². The molecule has 46 heavy (non-hydrogen) atoms. The van der Waals surface area contributed by atoms with Crippen LogP contribution in [0.5, 0.6) is 0 Å². The zero-order chi connectivity index (χ0) is 31.7. The lowest BCUT2D eigenvalue weighted by molar-refractivity contribution is 0.500. The first-order chi connectivity index (χ1) is 22.6. The van der Waals surface area contributed by atoms with Crippen LogP contribution in [0.3, 0.4) is 0 Å². The van der Waals surface area contributed by atoms with Gasteiger partial charge in [0.1, 0.15) is 0 Å². The van der Waals surface area contributed by atoms with E-state index in [-0.39, 0.29) is 11.9 Å². The van der Waals surface area contributed by atoms with Crippen LogP contribution in [0.2, 0.25) is 0 Å². The minimum atomic E-state index is -2.41. The smallest absolute Gasteiger partial charge is 0.335 e. The molecular formula is C40H34O4S2+2. The van der Waals surface area contributed by atoms with Gasteiger partial charge in [-0.05, 0) is 72.8 Å². The van der Waals surface area contributed by atoms with E-state index in [1.54, 1.807) is 0 Å². The molecule has 0 aliphatic rings. The second-order valence-electron chi connectivity index (χ2n) is 10.2. The minimum Gasteiger partial charge on any atom is -0.335 e. The summed E-state index contributed by atoms with van der Waals surface area (Å²) in [5, 5.41) is 0. The molecule has 0 aliphatic carbocycles. The largest absolute Gasteiger partial charge is 0.523 e. The summed E-state index contributed by atoms with van der Waals surface area (Å²) in [6.07, 6.45) is 2.69. The maximum Gasteiger partial charge on any atom is 0.523 e. The molecule has 0 saturated heterocycles. The number of hydrogen-bond acceptors (Lipinski definition) is 2. The quantitative estimate of drug-likeness (QED) is 0.110. The molecule has 0 bridgehead atoms. The molecule has 0 unspecified atom stereocenters. The first-order valence-electron chi connectivity index (χ1n) is 14.8. The maximum absolute atomic E-state index is 11.4. The summed E-state index contributed by atoms with van der Waals surface area (Å²) in [7, 11) is -4.82. The maximum atomic E-state index is 11.4. The van der Waals surface area contributed by atoms with E-state index in [1.807, 2.05) is 182 Å². The topological polar surface area (TPSA) is 61.3 Å². The number of rotatable bonds is 10. The van der Waals surface area contributed by atoms with E-state index in [9.17, 15) is 9.59 Å². The van der Waals surface area contributed by atoms with Crippen LogP contribution in [0.4, 0.5) is 0 Å². The van der Waals surface area contributed by atoms with Crippen LogP contribution in [0, 0.1) is 0 Å². The Kier molecular flexibility index (Phi) is 9.48. The summed E-state index contributed by atoms with van der Waals surface area (Å²) in [6, 6.07) is 59.4. The van der Waals surface area contributed by atoms with Crippen molar-refractivity contribution >= 4 is 32.6 Å². The molecule has 0 radical (unpaired) electrons. The molecule has 0 aliphatic heterocycles. The molecule has 0 spiro atoms. The van der Waals surface area contributed by atoms with Gasteiger partial charge in [-0.25, -0.2) is 8.37 Å². The molecule has 0 fully saturated rings. The number of hydrogen-bond donors (Lipinski definition) is 0. The lowest BCUT2D eigenvalue weighted by atomic mass is 10.4. The number of carbonyl (C=O) groups excluding carboxylic acids is 2. The third kappa shape index (κ3) is 6.26. The molecular weight excluding hydrogens is 609 g/mol. The molecule has 2 N–H and O–H groups in total. The van der Waals surface area contributed by atoms with Crippen molar-refractivity contribution in [3.8, 4) is 0 Å². The Morgan fingerprint density at radius 1 is 0.326 bits per heavy atom. The highest BCUT2D eigenvalue weighted by molar-refractivity contribution is 8.30. The van der Waals surface area contributed by atoms with Gasteiger partial charge in [-0.2, -0.15) is 0 Å². The highest BCUT2D eigenvalue weighted by Crippen LogP contribution is 2.70. The van der Waals surface area contributed by atoms with E-state index in [0.717, 1.165) is 29.4 Å². The first-order valence-corrected chi connectivity index (χ1v) is 17.9. The Labute approximate surface area is 273 Å². The van der Waals surface area contributed by atoms with Crippen molar-refractivity contribution in [3.05, 3.63) is 194 Å². The van der Waals surface area contributed by atoms with Gasteiger partial charge in [-0.15, -0.1) is 0 Å². The predicted molar refractivity (Wildman–Crippen MR) is 189 cm³/mol. The molecule has 4 nitrogen and oxygen atoms in total. The predicted octanol–water partition coefficient (Wildman–Crippen LogP) is 10.4. The zero-order valence-corrected chi connectivity index (χ0v) is 26.6.